The molecule has 1 fully saturated rings. The lowest BCUT2D eigenvalue weighted by Crippen LogP contribution is -2.57. The van der Waals surface area contributed by atoms with Crippen LogP contribution >= 0.6 is 24.8 Å². The van der Waals surface area contributed by atoms with Gasteiger partial charge in [-0.05, 0) is 56.2 Å². The van der Waals surface area contributed by atoms with Crippen molar-refractivity contribution >= 4 is 30.7 Å². The predicted molar refractivity (Wildman–Crippen MR) is 138 cm³/mol. The lowest BCUT2D eigenvalue weighted by molar-refractivity contribution is 0.0602. The second kappa shape index (κ2) is 13.8. The van der Waals surface area contributed by atoms with E-state index in [2.05, 4.69) is 29.3 Å². The lowest BCUT2D eigenvalue weighted by Gasteiger charge is -2.43. The van der Waals surface area contributed by atoms with Gasteiger partial charge < -0.3 is 20.1 Å². The molecule has 0 spiro atoms. The van der Waals surface area contributed by atoms with Gasteiger partial charge in [-0.2, -0.15) is 0 Å². The van der Waals surface area contributed by atoms with Gasteiger partial charge in [0, 0.05) is 43.8 Å². The summed E-state index contributed by atoms with van der Waals surface area (Å²) in [6, 6.07) is 16.3. The molecular formula is C25H37Cl2N3O3. The van der Waals surface area contributed by atoms with Gasteiger partial charge in [-0.25, -0.2) is 0 Å². The number of nitrogens with zero attached hydrogens (tertiary/aromatic N) is 2. The summed E-state index contributed by atoms with van der Waals surface area (Å²) in [6.07, 6.45) is 0. The van der Waals surface area contributed by atoms with Crippen molar-refractivity contribution in [1.29, 1.82) is 0 Å². The van der Waals surface area contributed by atoms with Crippen molar-refractivity contribution in [1.82, 2.24) is 15.1 Å². The van der Waals surface area contributed by atoms with Crippen LogP contribution in [0, 0.1) is 0 Å². The number of ether oxygens (including phenoxy) is 1. The van der Waals surface area contributed by atoms with Crippen molar-refractivity contribution in [2.45, 2.75) is 38.9 Å². The maximum atomic E-state index is 12.7. The molecule has 1 amide bonds. The predicted octanol–water partition coefficient (Wildman–Crippen LogP) is 3.76. The van der Waals surface area contributed by atoms with Gasteiger partial charge in [0.2, 0.25) is 0 Å². The molecule has 3 rings (SSSR count). The molecule has 6 nitrogen and oxygen atoms in total. The summed E-state index contributed by atoms with van der Waals surface area (Å²) in [5.74, 6) is 0.859. The summed E-state index contributed by atoms with van der Waals surface area (Å²) in [6.45, 7) is 9.17. The Morgan fingerprint density at radius 3 is 2.39 bits per heavy atom. The topological polar surface area (TPSA) is 65.0 Å². The number of nitrogens with one attached hydrogen (secondary N) is 1. The molecular weight excluding hydrogens is 461 g/mol. The minimum absolute atomic E-state index is 0. The van der Waals surface area contributed by atoms with E-state index in [1.54, 1.807) is 7.11 Å². The van der Waals surface area contributed by atoms with E-state index < -0.39 is 0 Å². The first-order valence-electron chi connectivity index (χ1n) is 11.2. The third-order valence-electron chi connectivity index (χ3n) is 6.13. The Kier molecular flexibility index (Phi) is 12.2. The fraction of sp³-hybridized carbons (Fsp3) is 0.480. The molecule has 1 saturated heterocycles. The summed E-state index contributed by atoms with van der Waals surface area (Å²) in [5, 5.41) is 13.5. The van der Waals surface area contributed by atoms with E-state index in [1.807, 2.05) is 55.1 Å². The Morgan fingerprint density at radius 1 is 1.15 bits per heavy atom. The first-order chi connectivity index (χ1) is 15.0. The van der Waals surface area contributed by atoms with Crippen LogP contribution in [0.4, 0.5) is 0 Å². The minimum atomic E-state index is -0.0468. The average Bonchev–Trinajstić information content (AvgIpc) is 2.81. The van der Waals surface area contributed by atoms with Crippen LogP contribution in [0.15, 0.2) is 48.5 Å². The van der Waals surface area contributed by atoms with Gasteiger partial charge in [-0.15, -0.1) is 24.8 Å². The first kappa shape index (κ1) is 29.2. The zero-order valence-electron chi connectivity index (χ0n) is 19.9. The van der Waals surface area contributed by atoms with E-state index in [-0.39, 0.29) is 49.4 Å². The van der Waals surface area contributed by atoms with E-state index in [9.17, 15) is 9.90 Å². The molecule has 0 saturated carbocycles. The van der Waals surface area contributed by atoms with E-state index in [0.29, 0.717) is 24.7 Å². The van der Waals surface area contributed by atoms with Gasteiger partial charge in [0.1, 0.15) is 5.75 Å². The van der Waals surface area contributed by atoms with Gasteiger partial charge >= 0.3 is 0 Å². The van der Waals surface area contributed by atoms with Crippen LogP contribution in [-0.2, 0) is 0 Å². The molecule has 33 heavy (non-hydrogen) atoms. The van der Waals surface area contributed by atoms with Crippen LogP contribution in [0.3, 0.4) is 0 Å². The maximum Gasteiger partial charge on any atom is 0.253 e. The van der Waals surface area contributed by atoms with Crippen LogP contribution < -0.4 is 10.1 Å². The Labute approximate surface area is 210 Å². The summed E-state index contributed by atoms with van der Waals surface area (Å²) >= 11 is 0. The molecule has 1 aliphatic heterocycles. The van der Waals surface area contributed by atoms with Crippen molar-refractivity contribution in [3.05, 3.63) is 65.2 Å². The molecule has 0 bridgehead atoms. The minimum Gasteiger partial charge on any atom is -0.497 e. The molecule has 3 atom stereocenters. The van der Waals surface area contributed by atoms with Gasteiger partial charge in [0.05, 0.1) is 19.8 Å². The number of rotatable bonds is 8. The largest absolute Gasteiger partial charge is 0.497 e. The Balaban J connectivity index is 0.00000272. The maximum absolute atomic E-state index is 12.7. The zero-order valence-corrected chi connectivity index (χ0v) is 21.5. The average molecular weight is 498 g/mol. The number of amides is 1. The highest BCUT2D eigenvalue weighted by atomic mass is 35.5. The Bertz CT molecular complexity index is 862. The van der Waals surface area contributed by atoms with Crippen molar-refractivity contribution in [3.8, 4) is 5.75 Å². The van der Waals surface area contributed by atoms with Crippen LogP contribution in [0.1, 0.15) is 48.3 Å². The second-order valence-corrected chi connectivity index (χ2v) is 8.12. The summed E-state index contributed by atoms with van der Waals surface area (Å²) in [5.41, 5.74) is 2.90. The quantitative estimate of drug-likeness (QED) is 0.581. The molecule has 0 radical (unpaired) electrons. The molecule has 2 aromatic rings. The monoisotopic (exact) mass is 497 g/mol. The van der Waals surface area contributed by atoms with Gasteiger partial charge in [0.15, 0.2) is 0 Å². The van der Waals surface area contributed by atoms with Crippen LogP contribution in [0.2, 0.25) is 0 Å². The number of hydrogen-bond donors (Lipinski definition) is 2. The van der Waals surface area contributed by atoms with E-state index in [4.69, 9.17) is 4.74 Å². The van der Waals surface area contributed by atoms with E-state index in [1.165, 1.54) is 0 Å². The van der Waals surface area contributed by atoms with Gasteiger partial charge in [-0.3, -0.25) is 9.69 Å². The van der Waals surface area contributed by atoms with E-state index in [0.717, 1.165) is 30.0 Å². The highest BCUT2D eigenvalue weighted by molar-refractivity contribution is 5.94. The second-order valence-electron chi connectivity index (χ2n) is 8.12. The van der Waals surface area contributed by atoms with Gasteiger partial charge in [-0.1, -0.05) is 24.3 Å². The molecule has 2 aromatic carbocycles. The molecule has 184 valence electrons. The number of aliphatic hydroxyl groups is 1. The highest BCUT2D eigenvalue weighted by Crippen LogP contribution is 2.33. The van der Waals surface area contributed by atoms with Crippen molar-refractivity contribution < 1.29 is 14.6 Å². The van der Waals surface area contributed by atoms with Crippen molar-refractivity contribution in [2.75, 3.05) is 39.9 Å². The standard InChI is InChI=1S/C25H35N3O3.2ClH/c1-5-27(6-2)25(30)20-12-10-19(11-13-20)24(21-8-7-9-23(14-21)31-4)28-16-18(3)26-15-22(28)17-29;;/h7-14,18,22,24,26,29H,5-6,15-17H2,1-4H3;2*1H. The fourth-order valence-corrected chi connectivity index (χ4v) is 4.36. The lowest BCUT2D eigenvalue weighted by atomic mass is 9.93. The smallest absolute Gasteiger partial charge is 0.253 e. The summed E-state index contributed by atoms with van der Waals surface area (Å²) in [4.78, 5) is 16.9. The zero-order chi connectivity index (χ0) is 22.4. The Morgan fingerprint density at radius 2 is 1.82 bits per heavy atom. The first-order valence-corrected chi connectivity index (χ1v) is 11.2. The fourth-order valence-electron chi connectivity index (χ4n) is 4.36. The van der Waals surface area contributed by atoms with Gasteiger partial charge in [0.25, 0.3) is 5.91 Å². The third kappa shape index (κ3) is 6.84. The highest BCUT2D eigenvalue weighted by Gasteiger charge is 2.33. The number of carbonyl (C=O) groups is 1. The number of piperazine rings is 1. The molecule has 1 aliphatic rings. The molecule has 0 aromatic heterocycles. The van der Waals surface area contributed by atoms with Crippen LogP contribution in [0.5, 0.6) is 5.75 Å². The Hall–Kier alpha value is -1.83. The molecule has 1 heterocycles. The van der Waals surface area contributed by atoms with Crippen LogP contribution in [0.25, 0.3) is 0 Å². The molecule has 2 N–H and O–H groups in total. The van der Waals surface area contributed by atoms with E-state index >= 15 is 0 Å². The number of carbonyl (C=O) groups excluding carboxylic acids is 1. The number of aliphatic hydroxyl groups excluding tert-OH is 1. The molecule has 3 unspecified atom stereocenters. The molecule has 8 heteroatoms. The van der Waals surface area contributed by atoms with Crippen LogP contribution in [-0.4, -0.2) is 72.8 Å². The van der Waals surface area contributed by atoms with Crippen molar-refractivity contribution in [2.24, 2.45) is 0 Å². The number of hydrogen-bond acceptors (Lipinski definition) is 5. The normalized spacial score (nSPS) is 19.1. The number of benzene rings is 2. The SMILES string of the molecule is CCN(CC)C(=O)c1ccc(C(c2cccc(OC)c2)N2CC(C)NCC2CO)cc1.Cl.Cl. The summed E-state index contributed by atoms with van der Waals surface area (Å²) < 4.78 is 5.47. The summed E-state index contributed by atoms with van der Waals surface area (Å²) in [7, 11) is 1.67. The number of halogens is 2. The van der Waals surface area contributed by atoms with Crippen molar-refractivity contribution in [3.63, 3.8) is 0 Å². The third-order valence-corrected chi connectivity index (χ3v) is 6.13. The number of methoxy groups -OCH3 is 1. The molecule has 0 aliphatic carbocycles.